The quantitative estimate of drug-likeness (QED) is 0.427. The van der Waals surface area contributed by atoms with Gasteiger partial charge in [0.1, 0.15) is 12.4 Å². The van der Waals surface area contributed by atoms with Gasteiger partial charge in [0, 0.05) is 5.56 Å². The van der Waals surface area contributed by atoms with E-state index in [1.54, 1.807) is 63.6 Å². The van der Waals surface area contributed by atoms with Crippen LogP contribution in [0.25, 0.3) is 5.70 Å². The fraction of sp³-hybridized carbons (Fsp3) is 0.214. The molecule has 0 radical (unpaired) electrons. The molecule has 36 heavy (non-hydrogen) atoms. The van der Waals surface area contributed by atoms with Gasteiger partial charge in [0.15, 0.2) is 11.5 Å². The summed E-state index contributed by atoms with van der Waals surface area (Å²) >= 11 is 0. The molecule has 0 aromatic heterocycles. The predicted molar refractivity (Wildman–Crippen MR) is 135 cm³/mol. The maximum atomic E-state index is 13.3. The summed E-state index contributed by atoms with van der Waals surface area (Å²) in [5.41, 5.74) is 2.76. The van der Waals surface area contributed by atoms with Crippen LogP contribution >= 0.6 is 0 Å². The SMILES string of the molecule is CCOC(=O)C1=C(c2ccc(OC)cc2)NC(=O)NC1c1cccc(OC)c1OCc1ccccc1. The van der Waals surface area contributed by atoms with Crippen LogP contribution in [0, 0.1) is 0 Å². The van der Waals surface area contributed by atoms with Crippen molar-refractivity contribution < 1.29 is 28.5 Å². The number of para-hydroxylation sites is 1. The van der Waals surface area contributed by atoms with Gasteiger partial charge in [-0.2, -0.15) is 0 Å². The molecule has 8 heteroatoms. The number of nitrogens with one attached hydrogen (secondary N) is 2. The molecule has 3 aromatic rings. The molecule has 0 fully saturated rings. The molecule has 0 saturated carbocycles. The third-order valence-electron chi connectivity index (χ3n) is 5.71. The summed E-state index contributed by atoms with van der Waals surface area (Å²) < 4.78 is 22.4. The molecule has 0 bridgehead atoms. The van der Waals surface area contributed by atoms with Crippen LogP contribution in [-0.4, -0.2) is 32.8 Å². The van der Waals surface area contributed by atoms with Crippen LogP contribution in [0.15, 0.2) is 78.4 Å². The highest BCUT2D eigenvalue weighted by Crippen LogP contribution is 2.41. The van der Waals surface area contributed by atoms with Gasteiger partial charge in [0.05, 0.1) is 38.1 Å². The molecule has 2 N–H and O–H groups in total. The van der Waals surface area contributed by atoms with Crippen LogP contribution in [0.1, 0.15) is 29.7 Å². The number of hydrogen-bond donors (Lipinski definition) is 2. The van der Waals surface area contributed by atoms with Crippen LogP contribution < -0.4 is 24.8 Å². The molecular formula is C28H28N2O6. The van der Waals surface area contributed by atoms with Crippen LogP contribution in [0.3, 0.4) is 0 Å². The third kappa shape index (κ3) is 5.27. The van der Waals surface area contributed by atoms with E-state index in [2.05, 4.69) is 10.6 Å². The number of carbonyl (C=O) groups excluding carboxylic acids is 2. The average molecular weight is 489 g/mol. The summed E-state index contributed by atoms with van der Waals surface area (Å²) in [7, 11) is 3.11. The maximum Gasteiger partial charge on any atom is 0.338 e. The lowest BCUT2D eigenvalue weighted by Gasteiger charge is -2.31. The lowest BCUT2D eigenvalue weighted by atomic mass is 9.91. The summed E-state index contributed by atoms with van der Waals surface area (Å²) in [5, 5.41) is 5.65. The van der Waals surface area contributed by atoms with Gasteiger partial charge in [-0.25, -0.2) is 9.59 Å². The van der Waals surface area contributed by atoms with E-state index < -0.39 is 18.0 Å². The zero-order valence-electron chi connectivity index (χ0n) is 20.4. The molecule has 0 saturated heterocycles. The predicted octanol–water partition coefficient (Wildman–Crippen LogP) is 4.61. The molecule has 1 unspecified atom stereocenters. The third-order valence-corrected chi connectivity index (χ3v) is 5.71. The molecular weight excluding hydrogens is 460 g/mol. The molecule has 1 atom stereocenters. The fourth-order valence-corrected chi connectivity index (χ4v) is 4.02. The monoisotopic (exact) mass is 488 g/mol. The number of hydrogen-bond acceptors (Lipinski definition) is 6. The van der Waals surface area contributed by atoms with Gasteiger partial charge in [-0.1, -0.05) is 42.5 Å². The topological polar surface area (TPSA) is 95.1 Å². The Labute approximate surface area is 209 Å². The minimum absolute atomic E-state index is 0.175. The minimum Gasteiger partial charge on any atom is -0.497 e. The number of esters is 1. The second kappa shape index (κ2) is 11.3. The Bertz CT molecular complexity index is 1250. The normalized spacial score (nSPS) is 15.0. The van der Waals surface area contributed by atoms with Crippen molar-refractivity contribution in [2.75, 3.05) is 20.8 Å². The molecule has 3 aromatic carbocycles. The van der Waals surface area contributed by atoms with E-state index in [-0.39, 0.29) is 18.8 Å². The largest absolute Gasteiger partial charge is 0.497 e. The Balaban J connectivity index is 1.84. The van der Waals surface area contributed by atoms with Crippen molar-refractivity contribution in [3.63, 3.8) is 0 Å². The van der Waals surface area contributed by atoms with Gasteiger partial charge in [-0.3, -0.25) is 0 Å². The minimum atomic E-state index is -0.851. The number of urea groups is 1. The highest BCUT2D eigenvalue weighted by Gasteiger charge is 2.36. The first-order valence-corrected chi connectivity index (χ1v) is 11.5. The number of methoxy groups -OCH3 is 2. The van der Waals surface area contributed by atoms with Crippen molar-refractivity contribution in [3.05, 3.63) is 95.1 Å². The van der Waals surface area contributed by atoms with Crippen molar-refractivity contribution >= 4 is 17.7 Å². The molecule has 1 heterocycles. The van der Waals surface area contributed by atoms with Gasteiger partial charge in [0.25, 0.3) is 0 Å². The van der Waals surface area contributed by atoms with Gasteiger partial charge in [-0.15, -0.1) is 0 Å². The van der Waals surface area contributed by atoms with Gasteiger partial charge in [0.2, 0.25) is 0 Å². The summed E-state index contributed by atoms with van der Waals surface area (Å²) in [6, 6.07) is 20.8. The number of rotatable bonds is 9. The molecule has 4 rings (SSSR count). The van der Waals surface area contributed by atoms with E-state index in [1.807, 2.05) is 30.3 Å². The Morgan fingerprint density at radius 1 is 0.917 bits per heavy atom. The van der Waals surface area contributed by atoms with E-state index in [1.165, 1.54) is 0 Å². The lowest BCUT2D eigenvalue weighted by molar-refractivity contribution is -0.138. The van der Waals surface area contributed by atoms with E-state index in [4.69, 9.17) is 18.9 Å². The van der Waals surface area contributed by atoms with Gasteiger partial charge < -0.3 is 29.6 Å². The second-order valence-corrected chi connectivity index (χ2v) is 7.92. The summed E-state index contributed by atoms with van der Waals surface area (Å²) in [6.45, 7) is 2.18. The Kier molecular flexibility index (Phi) is 7.75. The fourth-order valence-electron chi connectivity index (χ4n) is 4.02. The molecule has 186 valence electrons. The highest BCUT2D eigenvalue weighted by atomic mass is 16.5. The van der Waals surface area contributed by atoms with E-state index >= 15 is 0 Å². The van der Waals surface area contributed by atoms with E-state index in [0.29, 0.717) is 34.1 Å². The van der Waals surface area contributed by atoms with Crippen molar-refractivity contribution in [1.82, 2.24) is 10.6 Å². The standard InChI is InChI=1S/C28H28N2O6/c1-4-35-27(31)23-24(19-13-15-20(33-2)16-14-19)29-28(32)30-25(23)21-11-8-12-22(34-3)26(21)36-17-18-9-6-5-7-10-18/h5-16,25H,4,17H2,1-3H3,(H2,29,30,32). The average Bonchev–Trinajstić information content (AvgIpc) is 2.92. The molecule has 2 amide bonds. The Morgan fingerprint density at radius 3 is 2.33 bits per heavy atom. The summed E-state index contributed by atoms with van der Waals surface area (Å²) in [5.74, 6) is 0.994. The lowest BCUT2D eigenvalue weighted by Crippen LogP contribution is -2.45. The zero-order chi connectivity index (χ0) is 25.5. The van der Waals surface area contributed by atoms with E-state index in [0.717, 1.165) is 5.56 Å². The number of carbonyl (C=O) groups is 2. The Hall–Kier alpha value is -4.46. The molecule has 8 nitrogen and oxygen atoms in total. The van der Waals surface area contributed by atoms with Gasteiger partial charge >= 0.3 is 12.0 Å². The number of amides is 2. The maximum absolute atomic E-state index is 13.3. The highest BCUT2D eigenvalue weighted by molar-refractivity contribution is 6.04. The zero-order valence-corrected chi connectivity index (χ0v) is 20.4. The second-order valence-electron chi connectivity index (χ2n) is 7.92. The van der Waals surface area contributed by atoms with Crippen molar-refractivity contribution in [2.45, 2.75) is 19.6 Å². The van der Waals surface area contributed by atoms with Crippen LogP contribution in [0.4, 0.5) is 4.79 Å². The first kappa shape index (κ1) is 24.7. The molecule has 1 aliphatic heterocycles. The van der Waals surface area contributed by atoms with Crippen molar-refractivity contribution in [2.24, 2.45) is 0 Å². The molecule has 1 aliphatic rings. The number of ether oxygens (including phenoxy) is 4. The van der Waals surface area contributed by atoms with Gasteiger partial charge in [-0.05, 0) is 48.4 Å². The Morgan fingerprint density at radius 2 is 1.67 bits per heavy atom. The molecule has 0 aliphatic carbocycles. The van der Waals surface area contributed by atoms with E-state index in [9.17, 15) is 9.59 Å². The summed E-state index contributed by atoms with van der Waals surface area (Å²) in [4.78, 5) is 26.1. The first-order chi connectivity index (χ1) is 17.5. The van der Waals surface area contributed by atoms with Crippen molar-refractivity contribution in [3.8, 4) is 17.2 Å². The summed E-state index contributed by atoms with van der Waals surface area (Å²) in [6.07, 6.45) is 0. The number of benzene rings is 3. The molecule has 0 spiro atoms. The van der Waals surface area contributed by atoms with Crippen molar-refractivity contribution in [1.29, 1.82) is 0 Å². The smallest absolute Gasteiger partial charge is 0.338 e. The first-order valence-electron chi connectivity index (χ1n) is 11.5. The van der Waals surface area contributed by atoms with Crippen LogP contribution in [-0.2, 0) is 16.1 Å². The van der Waals surface area contributed by atoms with Crippen LogP contribution in [0.5, 0.6) is 17.2 Å². The van der Waals surface area contributed by atoms with Crippen LogP contribution in [0.2, 0.25) is 0 Å².